The SMILES string of the molecule is Cc1cn(C)c2ccc(N3CCC(=O)NC3=O)c(F)c12. The summed E-state index contributed by atoms with van der Waals surface area (Å²) >= 11 is 0. The number of hydrogen-bond acceptors (Lipinski definition) is 2. The molecule has 6 heteroatoms. The summed E-state index contributed by atoms with van der Waals surface area (Å²) in [4.78, 5) is 24.2. The molecule has 2 aromatic rings. The second-order valence-corrected chi connectivity index (χ2v) is 4.97. The second kappa shape index (κ2) is 4.33. The molecule has 0 unspecified atom stereocenters. The van der Waals surface area contributed by atoms with Crippen molar-refractivity contribution in [3.63, 3.8) is 0 Å². The molecule has 1 aliphatic heterocycles. The number of anilines is 1. The van der Waals surface area contributed by atoms with Crippen molar-refractivity contribution >= 4 is 28.5 Å². The van der Waals surface area contributed by atoms with E-state index >= 15 is 0 Å². The van der Waals surface area contributed by atoms with Crippen LogP contribution in [0.1, 0.15) is 12.0 Å². The van der Waals surface area contributed by atoms with Gasteiger partial charge in [0.25, 0.3) is 0 Å². The van der Waals surface area contributed by atoms with Gasteiger partial charge in [0.05, 0.1) is 11.2 Å². The third-order valence-corrected chi connectivity index (χ3v) is 3.61. The number of nitrogens with one attached hydrogen (secondary N) is 1. The van der Waals surface area contributed by atoms with E-state index < -0.39 is 11.8 Å². The van der Waals surface area contributed by atoms with Crippen LogP contribution in [0.2, 0.25) is 0 Å². The zero-order valence-electron chi connectivity index (χ0n) is 11.2. The highest BCUT2D eigenvalue weighted by Gasteiger charge is 2.27. The zero-order chi connectivity index (χ0) is 14.4. The molecule has 1 fully saturated rings. The monoisotopic (exact) mass is 275 g/mol. The van der Waals surface area contributed by atoms with Crippen molar-refractivity contribution in [1.82, 2.24) is 9.88 Å². The number of imide groups is 1. The molecule has 2 heterocycles. The lowest BCUT2D eigenvalue weighted by Crippen LogP contribution is -2.49. The van der Waals surface area contributed by atoms with Crippen LogP contribution < -0.4 is 10.2 Å². The molecule has 3 amide bonds. The predicted octanol–water partition coefficient (Wildman–Crippen LogP) is 2.07. The van der Waals surface area contributed by atoms with Crippen molar-refractivity contribution in [3.8, 4) is 0 Å². The van der Waals surface area contributed by atoms with Gasteiger partial charge in [-0.3, -0.25) is 15.0 Å². The lowest BCUT2D eigenvalue weighted by atomic mass is 10.1. The summed E-state index contributed by atoms with van der Waals surface area (Å²) in [5.41, 5.74) is 1.80. The van der Waals surface area contributed by atoms with Crippen molar-refractivity contribution in [2.75, 3.05) is 11.4 Å². The molecule has 1 aromatic heterocycles. The molecule has 0 radical (unpaired) electrons. The Labute approximate surface area is 115 Å². The highest BCUT2D eigenvalue weighted by molar-refractivity contribution is 6.06. The normalized spacial score (nSPS) is 15.8. The second-order valence-electron chi connectivity index (χ2n) is 4.97. The van der Waals surface area contributed by atoms with E-state index in [-0.39, 0.29) is 24.6 Å². The first-order valence-corrected chi connectivity index (χ1v) is 6.34. The molecule has 3 rings (SSSR count). The van der Waals surface area contributed by atoms with Gasteiger partial charge in [0.1, 0.15) is 0 Å². The van der Waals surface area contributed by atoms with Crippen LogP contribution in [0.15, 0.2) is 18.3 Å². The quantitative estimate of drug-likeness (QED) is 0.866. The molecule has 1 saturated heterocycles. The number of halogens is 1. The van der Waals surface area contributed by atoms with Crippen molar-refractivity contribution in [2.24, 2.45) is 7.05 Å². The number of carbonyl (C=O) groups is 2. The minimum Gasteiger partial charge on any atom is -0.350 e. The Morgan fingerprint density at radius 1 is 1.30 bits per heavy atom. The number of aryl methyl sites for hydroxylation is 2. The van der Waals surface area contributed by atoms with Crippen LogP contribution in [0.4, 0.5) is 14.9 Å². The Morgan fingerprint density at radius 2 is 2.05 bits per heavy atom. The minimum atomic E-state index is -0.576. The minimum absolute atomic E-state index is 0.178. The number of urea groups is 1. The van der Waals surface area contributed by atoms with Gasteiger partial charge >= 0.3 is 6.03 Å². The van der Waals surface area contributed by atoms with Gasteiger partial charge in [0, 0.05) is 31.6 Å². The topological polar surface area (TPSA) is 54.3 Å². The van der Waals surface area contributed by atoms with E-state index in [1.165, 1.54) is 4.90 Å². The van der Waals surface area contributed by atoms with Crippen LogP contribution in [0.25, 0.3) is 10.9 Å². The van der Waals surface area contributed by atoms with Gasteiger partial charge in [-0.15, -0.1) is 0 Å². The number of amides is 3. The summed E-state index contributed by atoms with van der Waals surface area (Å²) in [7, 11) is 1.85. The van der Waals surface area contributed by atoms with Gasteiger partial charge in [-0.2, -0.15) is 0 Å². The van der Waals surface area contributed by atoms with Crippen LogP contribution in [-0.4, -0.2) is 23.1 Å². The molecule has 20 heavy (non-hydrogen) atoms. The van der Waals surface area contributed by atoms with E-state index in [2.05, 4.69) is 5.32 Å². The van der Waals surface area contributed by atoms with Crippen molar-refractivity contribution in [2.45, 2.75) is 13.3 Å². The summed E-state index contributed by atoms with van der Waals surface area (Å²) in [6.07, 6.45) is 2.02. The molecule has 0 spiro atoms. The van der Waals surface area contributed by atoms with Gasteiger partial charge in [-0.25, -0.2) is 9.18 Å². The van der Waals surface area contributed by atoms with Crippen molar-refractivity contribution in [3.05, 3.63) is 29.7 Å². The lowest BCUT2D eigenvalue weighted by molar-refractivity contribution is -0.120. The molecule has 1 aliphatic rings. The number of carbonyl (C=O) groups excluding carboxylic acids is 2. The number of benzene rings is 1. The van der Waals surface area contributed by atoms with E-state index in [1.807, 2.05) is 24.7 Å². The van der Waals surface area contributed by atoms with E-state index in [0.29, 0.717) is 5.39 Å². The van der Waals surface area contributed by atoms with E-state index in [0.717, 1.165) is 11.1 Å². The standard InChI is InChI=1S/C14H14FN3O2/c1-8-7-17(2)9-3-4-10(13(15)12(8)9)18-6-5-11(19)16-14(18)20/h3-4,7H,5-6H2,1-2H3,(H,16,19,20). The molecule has 1 aromatic carbocycles. The summed E-state index contributed by atoms with van der Waals surface area (Å²) in [6, 6.07) is 2.78. The maximum Gasteiger partial charge on any atom is 0.328 e. The third kappa shape index (κ3) is 1.76. The number of rotatable bonds is 1. The fourth-order valence-corrected chi connectivity index (χ4v) is 2.65. The Bertz CT molecular complexity index is 736. The first-order valence-electron chi connectivity index (χ1n) is 6.34. The maximum absolute atomic E-state index is 14.7. The molecule has 0 bridgehead atoms. The van der Waals surface area contributed by atoms with Gasteiger partial charge < -0.3 is 4.57 Å². The summed E-state index contributed by atoms with van der Waals surface area (Å²) in [5, 5.41) is 2.71. The highest BCUT2D eigenvalue weighted by Crippen LogP contribution is 2.31. The van der Waals surface area contributed by atoms with Crippen molar-refractivity contribution in [1.29, 1.82) is 0 Å². The first kappa shape index (κ1) is 12.7. The first-order chi connectivity index (χ1) is 9.49. The largest absolute Gasteiger partial charge is 0.350 e. The molecule has 0 atom stereocenters. The Morgan fingerprint density at radius 3 is 2.75 bits per heavy atom. The lowest BCUT2D eigenvalue weighted by Gasteiger charge is -2.27. The van der Waals surface area contributed by atoms with Crippen LogP contribution in [0, 0.1) is 12.7 Å². The molecular weight excluding hydrogens is 261 g/mol. The Hall–Kier alpha value is -2.37. The van der Waals surface area contributed by atoms with E-state index in [9.17, 15) is 14.0 Å². The van der Waals surface area contributed by atoms with Crippen LogP contribution in [0.5, 0.6) is 0 Å². The summed E-state index contributed by atoms with van der Waals surface area (Å²) in [5.74, 6) is -0.756. The molecule has 104 valence electrons. The molecular formula is C14H14FN3O2. The maximum atomic E-state index is 14.7. The number of nitrogens with zero attached hydrogens (tertiary/aromatic N) is 2. The smallest absolute Gasteiger partial charge is 0.328 e. The van der Waals surface area contributed by atoms with Gasteiger partial charge in [-0.05, 0) is 24.6 Å². The van der Waals surface area contributed by atoms with Gasteiger partial charge in [0.15, 0.2) is 5.82 Å². The molecule has 5 nitrogen and oxygen atoms in total. The number of fused-ring (bicyclic) bond motifs is 1. The van der Waals surface area contributed by atoms with Crippen LogP contribution in [-0.2, 0) is 11.8 Å². The molecule has 0 saturated carbocycles. The summed E-state index contributed by atoms with van der Waals surface area (Å²) in [6.45, 7) is 2.02. The summed E-state index contributed by atoms with van der Waals surface area (Å²) < 4.78 is 16.5. The fraction of sp³-hybridized carbons (Fsp3) is 0.286. The van der Waals surface area contributed by atoms with Crippen LogP contribution in [0.3, 0.4) is 0 Å². The van der Waals surface area contributed by atoms with E-state index in [1.54, 1.807) is 12.1 Å². The number of aromatic nitrogens is 1. The zero-order valence-corrected chi connectivity index (χ0v) is 11.2. The predicted molar refractivity (Wildman–Crippen MR) is 73.1 cm³/mol. The van der Waals surface area contributed by atoms with Crippen molar-refractivity contribution < 1.29 is 14.0 Å². The average molecular weight is 275 g/mol. The molecule has 0 aliphatic carbocycles. The number of hydrogen-bond donors (Lipinski definition) is 1. The Kier molecular flexibility index (Phi) is 2.74. The van der Waals surface area contributed by atoms with E-state index in [4.69, 9.17) is 0 Å². The Balaban J connectivity index is 2.13. The molecule has 1 N–H and O–H groups in total. The van der Waals surface area contributed by atoms with Crippen LogP contribution >= 0.6 is 0 Å². The van der Waals surface area contributed by atoms with Gasteiger partial charge in [-0.1, -0.05) is 0 Å². The average Bonchev–Trinajstić information content (AvgIpc) is 2.67. The third-order valence-electron chi connectivity index (χ3n) is 3.61. The highest BCUT2D eigenvalue weighted by atomic mass is 19.1. The van der Waals surface area contributed by atoms with Gasteiger partial charge in [0.2, 0.25) is 5.91 Å². The fourth-order valence-electron chi connectivity index (χ4n) is 2.65.